The molecule has 3 aromatic carbocycles. The average molecular weight is 406 g/mol. The largest absolute Gasteiger partial charge is 0.322 e. The van der Waals surface area contributed by atoms with E-state index in [2.05, 4.69) is 5.32 Å². The number of hydrogen-bond donors (Lipinski definition) is 1. The summed E-state index contributed by atoms with van der Waals surface area (Å²) >= 11 is 7.53. The molecule has 1 amide bonds. The predicted molar refractivity (Wildman–Crippen MR) is 115 cm³/mol. The van der Waals surface area contributed by atoms with E-state index in [1.807, 2.05) is 54.6 Å². The smallest absolute Gasteiger partial charge is 0.255 e. The van der Waals surface area contributed by atoms with E-state index in [1.165, 1.54) is 0 Å². The summed E-state index contributed by atoms with van der Waals surface area (Å²) in [6.07, 6.45) is 1.89. The first-order valence-corrected chi connectivity index (χ1v) is 10.1. The summed E-state index contributed by atoms with van der Waals surface area (Å²) in [6.45, 7) is 0. The van der Waals surface area contributed by atoms with Gasteiger partial charge in [0.2, 0.25) is 0 Å². The van der Waals surface area contributed by atoms with Crippen LogP contribution in [0.4, 0.5) is 5.69 Å². The van der Waals surface area contributed by atoms with Gasteiger partial charge in [-0.1, -0.05) is 35.9 Å². The van der Waals surface area contributed by atoms with Gasteiger partial charge in [0.15, 0.2) is 5.78 Å². The minimum absolute atomic E-state index is 0.0601. The first kappa shape index (κ1) is 18.5. The molecule has 0 atom stereocenters. The number of thioether (sulfide) groups is 1. The fourth-order valence-corrected chi connectivity index (χ4v) is 4.14. The maximum Gasteiger partial charge on any atom is 0.255 e. The van der Waals surface area contributed by atoms with E-state index >= 15 is 0 Å². The molecule has 0 saturated carbocycles. The number of carbonyl (C=O) groups excluding carboxylic acids is 2. The average Bonchev–Trinajstić information content (AvgIpc) is 2.71. The molecule has 5 heteroatoms. The molecule has 1 aliphatic rings. The van der Waals surface area contributed by atoms with Gasteiger partial charge < -0.3 is 5.32 Å². The lowest BCUT2D eigenvalue weighted by Crippen LogP contribution is -2.12. The van der Waals surface area contributed by atoms with Gasteiger partial charge in [-0.15, -0.1) is 11.8 Å². The molecule has 138 valence electrons. The van der Waals surface area contributed by atoms with Gasteiger partial charge in [0.05, 0.1) is 0 Å². The molecule has 1 heterocycles. The van der Waals surface area contributed by atoms with Crippen LogP contribution in [-0.4, -0.2) is 17.4 Å². The van der Waals surface area contributed by atoms with Crippen LogP contribution in [0, 0.1) is 0 Å². The second-order valence-electron chi connectivity index (χ2n) is 6.37. The second kappa shape index (κ2) is 8.05. The van der Waals surface area contributed by atoms with Crippen molar-refractivity contribution in [3.05, 3.63) is 100 Å². The molecule has 1 N–H and O–H groups in total. The van der Waals surface area contributed by atoms with Crippen molar-refractivity contribution < 1.29 is 9.59 Å². The quantitative estimate of drug-likeness (QED) is 0.546. The molecule has 28 heavy (non-hydrogen) atoms. The SMILES string of the molecule is O=C(Nc1cccc(/C=C2\CSc3ccccc3C2=O)c1)c1ccc(Cl)cc1. The Morgan fingerprint density at radius 1 is 1.00 bits per heavy atom. The van der Waals surface area contributed by atoms with E-state index in [0.29, 0.717) is 22.0 Å². The zero-order valence-electron chi connectivity index (χ0n) is 14.8. The minimum atomic E-state index is -0.209. The first-order valence-electron chi connectivity index (χ1n) is 8.74. The van der Waals surface area contributed by atoms with Crippen LogP contribution in [0.2, 0.25) is 5.02 Å². The van der Waals surface area contributed by atoms with Crippen molar-refractivity contribution in [1.29, 1.82) is 0 Å². The van der Waals surface area contributed by atoms with Crippen molar-refractivity contribution >= 4 is 46.8 Å². The van der Waals surface area contributed by atoms with E-state index in [0.717, 1.165) is 21.6 Å². The van der Waals surface area contributed by atoms with E-state index in [-0.39, 0.29) is 11.7 Å². The molecule has 3 aromatic rings. The third-order valence-electron chi connectivity index (χ3n) is 4.40. The van der Waals surface area contributed by atoms with Crippen molar-refractivity contribution in [3.63, 3.8) is 0 Å². The van der Waals surface area contributed by atoms with Gasteiger partial charge in [0, 0.05) is 38.1 Å². The predicted octanol–water partition coefficient (Wildman–Crippen LogP) is 5.96. The highest BCUT2D eigenvalue weighted by atomic mass is 35.5. The van der Waals surface area contributed by atoms with Gasteiger partial charge in [-0.2, -0.15) is 0 Å². The highest BCUT2D eigenvalue weighted by Gasteiger charge is 2.21. The van der Waals surface area contributed by atoms with Crippen molar-refractivity contribution in [2.75, 3.05) is 11.1 Å². The fourth-order valence-electron chi connectivity index (χ4n) is 2.99. The van der Waals surface area contributed by atoms with Gasteiger partial charge >= 0.3 is 0 Å². The number of ketones is 1. The summed E-state index contributed by atoms with van der Waals surface area (Å²) < 4.78 is 0. The van der Waals surface area contributed by atoms with Gasteiger partial charge in [0.1, 0.15) is 0 Å². The van der Waals surface area contributed by atoms with Gasteiger partial charge in [-0.25, -0.2) is 0 Å². The number of benzene rings is 3. The monoisotopic (exact) mass is 405 g/mol. The lowest BCUT2D eigenvalue weighted by atomic mass is 10.0. The lowest BCUT2D eigenvalue weighted by Gasteiger charge is -2.16. The minimum Gasteiger partial charge on any atom is -0.322 e. The Morgan fingerprint density at radius 3 is 2.61 bits per heavy atom. The summed E-state index contributed by atoms with van der Waals surface area (Å²) in [5, 5.41) is 3.47. The van der Waals surface area contributed by atoms with E-state index in [9.17, 15) is 9.59 Å². The summed E-state index contributed by atoms with van der Waals surface area (Å²) in [7, 11) is 0. The number of carbonyl (C=O) groups is 2. The Balaban J connectivity index is 1.54. The molecule has 0 saturated heterocycles. The Bertz CT molecular complexity index is 1090. The number of anilines is 1. The summed E-state index contributed by atoms with van der Waals surface area (Å²) in [4.78, 5) is 26.1. The third kappa shape index (κ3) is 4.03. The third-order valence-corrected chi connectivity index (χ3v) is 5.77. The van der Waals surface area contributed by atoms with Crippen LogP contribution < -0.4 is 5.32 Å². The van der Waals surface area contributed by atoms with Crippen LogP contribution in [0.5, 0.6) is 0 Å². The first-order chi connectivity index (χ1) is 13.6. The van der Waals surface area contributed by atoms with Crippen LogP contribution in [0.3, 0.4) is 0 Å². The number of amides is 1. The second-order valence-corrected chi connectivity index (χ2v) is 7.82. The van der Waals surface area contributed by atoms with Crippen LogP contribution in [0.15, 0.2) is 83.3 Å². The number of hydrogen-bond acceptors (Lipinski definition) is 3. The van der Waals surface area contributed by atoms with Crippen LogP contribution >= 0.6 is 23.4 Å². The van der Waals surface area contributed by atoms with E-state index < -0.39 is 0 Å². The zero-order chi connectivity index (χ0) is 19.5. The number of nitrogens with one attached hydrogen (secondary N) is 1. The standard InChI is InChI=1S/C23H16ClNO2S/c24-18-10-8-16(9-11-18)23(27)25-19-5-3-4-15(13-19)12-17-14-28-21-7-2-1-6-20(21)22(17)26/h1-13H,14H2,(H,25,27)/b17-12+. The Morgan fingerprint density at radius 2 is 1.79 bits per heavy atom. The highest BCUT2D eigenvalue weighted by molar-refractivity contribution is 7.99. The molecule has 0 aromatic heterocycles. The molecule has 0 bridgehead atoms. The van der Waals surface area contributed by atoms with Crippen molar-refractivity contribution in [2.24, 2.45) is 0 Å². The van der Waals surface area contributed by atoms with Crippen LogP contribution in [-0.2, 0) is 0 Å². The van der Waals surface area contributed by atoms with Crippen molar-refractivity contribution in [1.82, 2.24) is 0 Å². The maximum atomic E-state index is 12.7. The normalized spacial score (nSPS) is 14.6. The number of Topliss-reactive ketones (excluding diaryl/α,β-unsaturated/α-hetero) is 1. The molecule has 0 unspecified atom stereocenters. The summed E-state index contributed by atoms with van der Waals surface area (Å²) in [5.74, 6) is 0.488. The number of fused-ring (bicyclic) bond motifs is 1. The number of halogens is 1. The Labute approximate surface area is 172 Å². The maximum absolute atomic E-state index is 12.7. The van der Waals surface area contributed by atoms with Gasteiger partial charge in [-0.05, 0) is 60.2 Å². The fraction of sp³-hybridized carbons (Fsp3) is 0.0435. The van der Waals surface area contributed by atoms with E-state index in [1.54, 1.807) is 36.0 Å². The molecule has 3 nitrogen and oxygen atoms in total. The molecule has 4 rings (SSSR count). The zero-order valence-corrected chi connectivity index (χ0v) is 16.4. The topological polar surface area (TPSA) is 46.2 Å². The summed E-state index contributed by atoms with van der Waals surface area (Å²) in [5.41, 5.74) is 3.58. The molecular formula is C23H16ClNO2S. The van der Waals surface area contributed by atoms with Crippen molar-refractivity contribution in [2.45, 2.75) is 4.90 Å². The van der Waals surface area contributed by atoms with Gasteiger partial charge in [0.25, 0.3) is 5.91 Å². The summed E-state index contributed by atoms with van der Waals surface area (Å²) in [6, 6.07) is 21.8. The van der Waals surface area contributed by atoms with E-state index in [4.69, 9.17) is 11.6 Å². The molecule has 0 spiro atoms. The van der Waals surface area contributed by atoms with Crippen LogP contribution in [0.25, 0.3) is 6.08 Å². The Kier molecular flexibility index (Phi) is 5.33. The molecule has 0 fully saturated rings. The molecular weight excluding hydrogens is 390 g/mol. The molecule has 1 aliphatic heterocycles. The van der Waals surface area contributed by atoms with Crippen molar-refractivity contribution in [3.8, 4) is 0 Å². The Hall–Kier alpha value is -2.82. The molecule has 0 aliphatic carbocycles. The van der Waals surface area contributed by atoms with Gasteiger partial charge in [-0.3, -0.25) is 9.59 Å². The highest BCUT2D eigenvalue weighted by Crippen LogP contribution is 2.33. The molecule has 0 radical (unpaired) electrons. The van der Waals surface area contributed by atoms with Crippen LogP contribution in [0.1, 0.15) is 26.3 Å². The number of rotatable bonds is 3. The lowest BCUT2D eigenvalue weighted by molar-refractivity contribution is 0.102.